The molecule has 0 amide bonds. The molecule has 0 spiro atoms. The molecule has 14 heavy (non-hydrogen) atoms. The van der Waals surface area contributed by atoms with Crippen LogP contribution in [-0.4, -0.2) is 11.1 Å². The molecule has 0 saturated heterocycles. The van der Waals surface area contributed by atoms with E-state index in [0.29, 0.717) is 16.5 Å². The van der Waals surface area contributed by atoms with Gasteiger partial charge in [-0.15, -0.1) is 0 Å². The van der Waals surface area contributed by atoms with Gasteiger partial charge in [-0.2, -0.15) is 0 Å². The van der Waals surface area contributed by atoms with E-state index >= 15 is 0 Å². The fraction of sp³-hybridized carbons (Fsp3) is 0.300. The van der Waals surface area contributed by atoms with Crippen LogP contribution < -0.4 is 0 Å². The molecule has 74 valence electrons. The van der Waals surface area contributed by atoms with Gasteiger partial charge in [-0.1, -0.05) is 29.3 Å². The number of hydrogen-bond acceptors (Lipinski definition) is 1. The minimum atomic E-state index is -0.735. The largest absolute Gasteiger partial charge is 0.481 e. The predicted molar refractivity (Wildman–Crippen MR) is 54.9 cm³/mol. The van der Waals surface area contributed by atoms with Gasteiger partial charge in [0.05, 0.1) is 16.0 Å². The van der Waals surface area contributed by atoms with Gasteiger partial charge in [0, 0.05) is 0 Å². The molecule has 0 aliphatic heterocycles. The molecule has 2 rings (SSSR count). The van der Waals surface area contributed by atoms with Crippen LogP contribution in [0.25, 0.3) is 0 Å². The first-order chi connectivity index (χ1) is 6.59. The van der Waals surface area contributed by atoms with Crippen LogP contribution in [0.2, 0.25) is 10.0 Å². The van der Waals surface area contributed by atoms with Crippen molar-refractivity contribution in [1.82, 2.24) is 0 Å². The molecule has 1 N–H and O–H groups in total. The van der Waals surface area contributed by atoms with E-state index in [1.807, 2.05) is 6.07 Å². The molecule has 2 atom stereocenters. The van der Waals surface area contributed by atoms with E-state index in [1.54, 1.807) is 12.1 Å². The van der Waals surface area contributed by atoms with Crippen molar-refractivity contribution in [1.29, 1.82) is 0 Å². The second kappa shape index (κ2) is 3.44. The lowest BCUT2D eigenvalue weighted by Crippen LogP contribution is -1.98. The standard InChI is InChI=1S/C10H8Cl2O2/c11-8-2-1-5(3-9(8)12)6-4-7(6)10(13)14/h1-3,6-7H,4H2,(H,13,14)/t6-,7+/m1/s1. The van der Waals surface area contributed by atoms with E-state index in [4.69, 9.17) is 28.3 Å². The van der Waals surface area contributed by atoms with Crippen molar-refractivity contribution in [3.8, 4) is 0 Å². The zero-order valence-corrected chi connectivity index (χ0v) is 8.72. The summed E-state index contributed by atoms with van der Waals surface area (Å²) in [4.78, 5) is 10.6. The van der Waals surface area contributed by atoms with Crippen LogP contribution in [0.5, 0.6) is 0 Å². The third-order valence-corrected chi connectivity index (χ3v) is 3.22. The first-order valence-corrected chi connectivity index (χ1v) is 5.03. The Bertz CT molecular complexity index is 390. The number of halogens is 2. The lowest BCUT2D eigenvalue weighted by atomic mass is 10.1. The number of carbonyl (C=O) groups is 1. The summed E-state index contributed by atoms with van der Waals surface area (Å²) >= 11 is 11.6. The smallest absolute Gasteiger partial charge is 0.307 e. The van der Waals surface area contributed by atoms with Crippen LogP contribution in [-0.2, 0) is 4.79 Å². The number of carboxylic acid groups (broad SMARTS) is 1. The Balaban J connectivity index is 2.20. The monoisotopic (exact) mass is 230 g/mol. The van der Waals surface area contributed by atoms with Gasteiger partial charge in [0.2, 0.25) is 0 Å². The van der Waals surface area contributed by atoms with Gasteiger partial charge in [-0.25, -0.2) is 0 Å². The molecule has 1 aromatic rings. The maximum absolute atomic E-state index is 10.6. The Morgan fingerprint density at radius 2 is 2.07 bits per heavy atom. The van der Waals surface area contributed by atoms with Crippen LogP contribution in [0.1, 0.15) is 17.9 Å². The summed E-state index contributed by atoms with van der Waals surface area (Å²) in [6.45, 7) is 0. The Hall–Kier alpha value is -0.730. The lowest BCUT2D eigenvalue weighted by molar-refractivity contribution is -0.138. The van der Waals surface area contributed by atoms with Crippen LogP contribution in [0, 0.1) is 5.92 Å². The normalized spacial score (nSPS) is 24.7. The highest BCUT2D eigenvalue weighted by Gasteiger charge is 2.44. The van der Waals surface area contributed by atoms with Gasteiger partial charge in [-0.05, 0) is 30.0 Å². The average Bonchev–Trinajstić information content (AvgIpc) is 2.89. The van der Waals surface area contributed by atoms with Crippen molar-refractivity contribution in [3.05, 3.63) is 33.8 Å². The van der Waals surface area contributed by atoms with Crippen molar-refractivity contribution < 1.29 is 9.90 Å². The zero-order chi connectivity index (χ0) is 10.3. The summed E-state index contributed by atoms with van der Waals surface area (Å²) in [6.07, 6.45) is 0.702. The number of hydrogen-bond donors (Lipinski definition) is 1. The van der Waals surface area contributed by atoms with Crippen LogP contribution >= 0.6 is 23.2 Å². The lowest BCUT2D eigenvalue weighted by Gasteiger charge is -2.00. The van der Waals surface area contributed by atoms with Gasteiger partial charge in [-0.3, -0.25) is 4.79 Å². The van der Waals surface area contributed by atoms with Gasteiger partial charge in [0.15, 0.2) is 0 Å². The SMILES string of the molecule is O=C(O)[C@H]1C[C@@H]1c1ccc(Cl)c(Cl)c1. The molecular weight excluding hydrogens is 223 g/mol. The molecule has 0 bridgehead atoms. The maximum atomic E-state index is 10.6. The van der Waals surface area contributed by atoms with E-state index in [9.17, 15) is 4.79 Å². The molecule has 1 aromatic carbocycles. The molecule has 0 unspecified atom stereocenters. The predicted octanol–water partition coefficient (Wildman–Crippen LogP) is 3.18. The number of benzene rings is 1. The molecule has 1 aliphatic carbocycles. The minimum Gasteiger partial charge on any atom is -0.481 e. The molecule has 0 heterocycles. The molecule has 0 radical (unpaired) electrons. The van der Waals surface area contributed by atoms with E-state index in [0.717, 1.165) is 5.56 Å². The summed E-state index contributed by atoms with van der Waals surface area (Å²) in [5.41, 5.74) is 0.965. The van der Waals surface area contributed by atoms with Crippen molar-refractivity contribution in [3.63, 3.8) is 0 Å². The average molecular weight is 231 g/mol. The van der Waals surface area contributed by atoms with Crippen molar-refractivity contribution in [2.45, 2.75) is 12.3 Å². The zero-order valence-electron chi connectivity index (χ0n) is 7.21. The third kappa shape index (κ3) is 1.72. The fourth-order valence-corrected chi connectivity index (χ4v) is 1.89. The van der Waals surface area contributed by atoms with E-state index in [-0.39, 0.29) is 11.8 Å². The Kier molecular flexibility index (Phi) is 2.41. The summed E-state index contributed by atoms with van der Waals surface area (Å²) in [5.74, 6) is -0.865. The molecule has 1 saturated carbocycles. The van der Waals surface area contributed by atoms with Gasteiger partial charge < -0.3 is 5.11 Å². The Labute approximate surface area is 91.4 Å². The number of aliphatic carboxylic acids is 1. The van der Waals surface area contributed by atoms with E-state index in [1.165, 1.54) is 0 Å². The van der Waals surface area contributed by atoms with Gasteiger partial charge in [0.1, 0.15) is 0 Å². The highest BCUT2D eigenvalue weighted by molar-refractivity contribution is 6.42. The Morgan fingerprint density at radius 1 is 1.36 bits per heavy atom. The highest BCUT2D eigenvalue weighted by atomic mass is 35.5. The van der Waals surface area contributed by atoms with Gasteiger partial charge in [0.25, 0.3) is 0 Å². The van der Waals surface area contributed by atoms with Crippen molar-refractivity contribution in [2.75, 3.05) is 0 Å². The quantitative estimate of drug-likeness (QED) is 0.848. The number of carboxylic acids is 1. The van der Waals surface area contributed by atoms with Crippen molar-refractivity contribution in [2.24, 2.45) is 5.92 Å². The Morgan fingerprint density at radius 3 is 2.57 bits per heavy atom. The third-order valence-electron chi connectivity index (χ3n) is 2.48. The van der Waals surface area contributed by atoms with Crippen LogP contribution in [0.3, 0.4) is 0 Å². The molecular formula is C10H8Cl2O2. The number of rotatable bonds is 2. The van der Waals surface area contributed by atoms with E-state index in [2.05, 4.69) is 0 Å². The molecule has 1 fully saturated rings. The summed E-state index contributed by atoms with van der Waals surface area (Å²) < 4.78 is 0. The summed E-state index contributed by atoms with van der Waals surface area (Å²) in [7, 11) is 0. The first kappa shape index (κ1) is 9.81. The fourth-order valence-electron chi connectivity index (χ4n) is 1.58. The molecule has 1 aliphatic rings. The van der Waals surface area contributed by atoms with E-state index < -0.39 is 5.97 Å². The van der Waals surface area contributed by atoms with Gasteiger partial charge >= 0.3 is 5.97 Å². The maximum Gasteiger partial charge on any atom is 0.307 e. The molecule has 4 heteroatoms. The van der Waals surface area contributed by atoms with Crippen LogP contribution in [0.15, 0.2) is 18.2 Å². The first-order valence-electron chi connectivity index (χ1n) is 4.27. The topological polar surface area (TPSA) is 37.3 Å². The highest BCUT2D eigenvalue weighted by Crippen LogP contribution is 2.48. The summed E-state index contributed by atoms with van der Waals surface area (Å²) in [6, 6.07) is 5.29. The van der Waals surface area contributed by atoms with Crippen molar-refractivity contribution >= 4 is 29.2 Å². The second-order valence-corrected chi connectivity index (χ2v) is 4.27. The summed E-state index contributed by atoms with van der Waals surface area (Å²) in [5, 5.41) is 9.74. The molecule has 0 aromatic heterocycles. The second-order valence-electron chi connectivity index (χ2n) is 3.46. The molecule has 2 nitrogen and oxygen atoms in total. The minimum absolute atomic E-state index is 0.113. The van der Waals surface area contributed by atoms with Crippen LogP contribution in [0.4, 0.5) is 0 Å².